The molecule has 174 valence electrons. The van der Waals surface area contributed by atoms with E-state index in [0.717, 1.165) is 0 Å². The van der Waals surface area contributed by atoms with Crippen molar-refractivity contribution in [2.24, 2.45) is 5.92 Å². The lowest BCUT2D eigenvalue weighted by Crippen LogP contribution is -2.15. The maximum Gasteiger partial charge on any atom is 0.290 e. The van der Waals surface area contributed by atoms with Gasteiger partial charge in [-0.3, -0.25) is 19.7 Å². The largest absolute Gasteiger partial charge is 0.483 e. The predicted octanol–water partition coefficient (Wildman–Crippen LogP) is 3.11. The Hall–Kier alpha value is -4.24. The number of terminal acetylenes is 1. The van der Waals surface area contributed by atoms with Crippen LogP contribution in [0.25, 0.3) is 27.8 Å². The third kappa shape index (κ3) is 4.20. The Morgan fingerprint density at radius 2 is 2.18 bits per heavy atom. The van der Waals surface area contributed by atoms with E-state index in [9.17, 15) is 9.18 Å². The fourth-order valence-electron chi connectivity index (χ4n) is 3.41. The molecule has 5 rings (SSSR count). The lowest BCUT2D eigenvalue weighted by atomic mass is 10.1. The Labute approximate surface area is 195 Å². The number of carboxylic acid groups (broad SMARTS) is 1. The van der Waals surface area contributed by atoms with Gasteiger partial charge in [0.2, 0.25) is 5.91 Å². The molecule has 34 heavy (non-hydrogen) atoms. The zero-order valence-corrected chi connectivity index (χ0v) is 18.0. The van der Waals surface area contributed by atoms with Gasteiger partial charge in [-0.2, -0.15) is 5.10 Å². The normalized spacial score (nSPS) is 16.4. The van der Waals surface area contributed by atoms with Crippen LogP contribution in [-0.4, -0.2) is 54.8 Å². The molecule has 0 aliphatic heterocycles. The molecule has 1 fully saturated rings. The first-order valence-electron chi connectivity index (χ1n) is 9.78. The topological polar surface area (TPSA) is 137 Å². The van der Waals surface area contributed by atoms with Gasteiger partial charge in [0.1, 0.15) is 6.17 Å². The molecule has 0 spiro atoms. The minimum Gasteiger partial charge on any atom is -0.483 e. The third-order valence-corrected chi connectivity index (χ3v) is 5.41. The number of halogens is 3. The van der Waals surface area contributed by atoms with Crippen LogP contribution in [0.4, 0.5) is 20.3 Å². The SMILES string of the molecule is C#CCNc1c(F)c(Cl)c(-c2cn3cc(NC(=O)[C@@H]4C[C@@H]4F)nc3cn2)c2cn[nH]c12.O=CO. The second kappa shape index (κ2) is 9.32. The number of amides is 1. The molecule has 1 aromatic carbocycles. The van der Waals surface area contributed by atoms with Crippen LogP contribution in [0.15, 0.2) is 24.8 Å². The summed E-state index contributed by atoms with van der Waals surface area (Å²) in [6.07, 6.45) is 10.5. The number of aromatic nitrogens is 5. The zero-order valence-electron chi connectivity index (χ0n) is 17.2. The van der Waals surface area contributed by atoms with Crippen LogP contribution in [0, 0.1) is 24.1 Å². The Morgan fingerprint density at radius 1 is 1.44 bits per heavy atom. The summed E-state index contributed by atoms with van der Waals surface area (Å²) in [5, 5.41) is 19.5. The van der Waals surface area contributed by atoms with Gasteiger partial charge in [-0.1, -0.05) is 17.5 Å². The second-order valence-electron chi connectivity index (χ2n) is 7.21. The molecule has 1 aliphatic rings. The van der Waals surface area contributed by atoms with E-state index < -0.39 is 23.8 Å². The zero-order chi connectivity index (χ0) is 24.4. The molecule has 1 aliphatic carbocycles. The molecule has 3 heterocycles. The van der Waals surface area contributed by atoms with Gasteiger partial charge >= 0.3 is 0 Å². The van der Waals surface area contributed by atoms with Crippen LogP contribution in [0.2, 0.25) is 5.02 Å². The van der Waals surface area contributed by atoms with Crippen LogP contribution in [-0.2, 0) is 9.59 Å². The molecule has 10 nitrogen and oxygen atoms in total. The van der Waals surface area contributed by atoms with Gasteiger partial charge in [0.15, 0.2) is 17.3 Å². The summed E-state index contributed by atoms with van der Waals surface area (Å²) in [5.41, 5.74) is 1.68. The van der Waals surface area contributed by atoms with E-state index in [2.05, 4.69) is 36.7 Å². The van der Waals surface area contributed by atoms with Gasteiger partial charge < -0.3 is 20.1 Å². The third-order valence-electron chi connectivity index (χ3n) is 5.06. The van der Waals surface area contributed by atoms with Gasteiger partial charge in [0.25, 0.3) is 6.47 Å². The highest BCUT2D eigenvalue weighted by Gasteiger charge is 2.43. The number of hydrogen-bond donors (Lipinski definition) is 4. The number of fused-ring (bicyclic) bond motifs is 2. The van der Waals surface area contributed by atoms with Crippen molar-refractivity contribution in [3.05, 3.63) is 35.6 Å². The summed E-state index contributed by atoms with van der Waals surface area (Å²) in [7, 11) is 0. The second-order valence-corrected chi connectivity index (χ2v) is 7.59. The summed E-state index contributed by atoms with van der Waals surface area (Å²) in [4.78, 5) is 28.9. The fraction of sp³-hybridized carbons (Fsp3) is 0.190. The van der Waals surface area contributed by atoms with Crippen molar-refractivity contribution in [1.29, 1.82) is 0 Å². The number of alkyl halides is 1. The van der Waals surface area contributed by atoms with Gasteiger partial charge in [0.05, 0.1) is 53.0 Å². The minimum absolute atomic E-state index is 0.110. The standard InChI is InChI=1S/C20H14ClF2N7O.CH2O2/c1-2-3-24-19-17(23)16(21)15(10-5-26-29-18(10)19)12-7-30-8-13(27-14(30)6-25-12)28-20(31)9-4-11(9)22;2-1-3/h1,5-9,11,24H,3-4H2,(H,26,29)(H,28,31);1H,(H,2,3)/t9-,11+;/m1./s1. The molecule has 3 aromatic heterocycles. The van der Waals surface area contributed by atoms with E-state index >= 15 is 4.39 Å². The monoisotopic (exact) mass is 487 g/mol. The highest BCUT2D eigenvalue weighted by molar-refractivity contribution is 6.35. The number of imidazole rings is 1. The Bertz CT molecular complexity index is 1450. The number of nitrogens with one attached hydrogen (secondary N) is 3. The molecule has 13 heteroatoms. The molecule has 0 bridgehead atoms. The average Bonchev–Trinajstić information content (AvgIpc) is 3.18. The number of rotatable bonds is 5. The van der Waals surface area contributed by atoms with Crippen LogP contribution in [0.5, 0.6) is 0 Å². The van der Waals surface area contributed by atoms with Crippen molar-refractivity contribution in [3.8, 4) is 23.6 Å². The maximum atomic E-state index is 15.0. The number of carbonyl (C=O) groups is 2. The van der Waals surface area contributed by atoms with E-state index in [1.165, 1.54) is 12.4 Å². The smallest absolute Gasteiger partial charge is 0.290 e. The number of nitrogens with zero attached hydrogens (tertiary/aromatic N) is 4. The van der Waals surface area contributed by atoms with Crippen molar-refractivity contribution >= 4 is 52.0 Å². The summed E-state index contributed by atoms with van der Waals surface area (Å²) in [5.74, 6) is 0.926. The molecule has 1 saturated carbocycles. The molecular weight excluding hydrogens is 472 g/mol. The van der Waals surface area contributed by atoms with Gasteiger partial charge in [-0.15, -0.1) is 6.42 Å². The highest BCUT2D eigenvalue weighted by Crippen LogP contribution is 2.40. The van der Waals surface area contributed by atoms with Crippen LogP contribution in [0.1, 0.15) is 6.42 Å². The number of aromatic amines is 1. The maximum absolute atomic E-state index is 15.0. The van der Waals surface area contributed by atoms with Crippen LogP contribution in [0.3, 0.4) is 0 Å². The number of anilines is 2. The highest BCUT2D eigenvalue weighted by atomic mass is 35.5. The number of benzene rings is 1. The summed E-state index contributed by atoms with van der Waals surface area (Å²) in [6.45, 7) is -0.140. The number of H-pyrrole nitrogens is 1. The Balaban J connectivity index is 0.000000868. The molecule has 2 atom stereocenters. The van der Waals surface area contributed by atoms with Gasteiger partial charge in [-0.05, 0) is 6.42 Å². The molecule has 4 aromatic rings. The van der Waals surface area contributed by atoms with Crippen molar-refractivity contribution in [2.75, 3.05) is 17.2 Å². The molecule has 0 saturated heterocycles. The van der Waals surface area contributed by atoms with Crippen LogP contribution >= 0.6 is 11.6 Å². The van der Waals surface area contributed by atoms with E-state index in [1.54, 1.807) is 16.8 Å². The lowest BCUT2D eigenvalue weighted by molar-refractivity contribution is -0.123. The van der Waals surface area contributed by atoms with Crippen molar-refractivity contribution in [3.63, 3.8) is 0 Å². The molecular formula is C21H16ClF2N7O3. The van der Waals surface area contributed by atoms with Crippen molar-refractivity contribution in [2.45, 2.75) is 12.6 Å². The molecule has 4 N–H and O–H groups in total. The Kier molecular flexibility index (Phi) is 6.29. The lowest BCUT2D eigenvalue weighted by Gasteiger charge is -2.12. The number of carbonyl (C=O) groups excluding carboxylic acids is 1. The van der Waals surface area contributed by atoms with E-state index in [0.29, 0.717) is 27.8 Å². The molecule has 0 unspecified atom stereocenters. The first kappa shape index (κ1) is 22.9. The summed E-state index contributed by atoms with van der Waals surface area (Å²) < 4.78 is 29.7. The first-order chi connectivity index (χ1) is 16.4. The van der Waals surface area contributed by atoms with Gasteiger partial charge in [0, 0.05) is 17.1 Å². The minimum atomic E-state index is -1.10. The van der Waals surface area contributed by atoms with Crippen LogP contribution < -0.4 is 10.6 Å². The van der Waals surface area contributed by atoms with Crippen molar-refractivity contribution in [1.82, 2.24) is 24.6 Å². The van der Waals surface area contributed by atoms with Gasteiger partial charge in [-0.25, -0.2) is 13.8 Å². The molecule has 0 radical (unpaired) electrons. The van der Waals surface area contributed by atoms with E-state index in [1.807, 2.05) is 0 Å². The summed E-state index contributed by atoms with van der Waals surface area (Å²) in [6, 6.07) is 0. The number of hydrogen-bond acceptors (Lipinski definition) is 6. The van der Waals surface area contributed by atoms with E-state index in [-0.39, 0.29) is 36.0 Å². The Morgan fingerprint density at radius 3 is 2.85 bits per heavy atom. The quantitative estimate of drug-likeness (QED) is 0.251. The molecule has 1 amide bonds. The fourth-order valence-corrected chi connectivity index (χ4v) is 3.71. The van der Waals surface area contributed by atoms with E-state index in [4.69, 9.17) is 27.9 Å². The first-order valence-corrected chi connectivity index (χ1v) is 10.2. The predicted molar refractivity (Wildman–Crippen MR) is 121 cm³/mol. The average molecular weight is 488 g/mol. The summed E-state index contributed by atoms with van der Waals surface area (Å²) >= 11 is 6.36. The van der Waals surface area contributed by atoms with Crippen molar-refractivity contribution < 1.29 is 23.5 Å².